The molecule has 0 bridgehead atoms. The van der Waals surface area contributed by atoms with Crippen LogP contribution in [0.2, 0.25) is 0 Å². The molecule has 1 nitrogen and oxygen atoms in total. The van der Waals surface area contributed by atoms with Gasteiger partial charge in [-0.15, -0.1) is 0 Å². The first-order chi connectivity index (χ1) is 7.81. The van der Waals surface area contributed by atoms with Crippen LogP contribution in [0.25, 0.3) is 0 Å². The van der Waals surface area contributed by atoms with Crippen LogP contribution < -0.4 is 5.73 Å². The van der Waals surface area contributed by atoms with Crippen molar-refractivity contribution in [2.45, 2.75) is 86.1 Å². The van der Waals surface area contributed by atoms with Crippen molar-refractivity contribution in [1.29, 1.82) is 0 Å². The van der Waals surface area contributed by atoms with Gasteiger partial charge in [-0.25, -0.2) is 0 Å². The van der Waals surface area contributed by atoms with E-state index in [1.165, 1.54) is 38.5 Å². The Morgan fingerprint density at radius 3 is 2.06 bits per heavy atom. The molecule has 2 N–H and O–H groups in total. The third kappa shape index (κ3) is 7.81. The van der Waals surface area contributed by atoms with E-state index in [0.29, 0.717) is 17.4 Å². The van der Waals surface area contributed by atoms with Crippen molar-refractivity contribution in [2.24, 2.45) is 23.0 Å². The largest absolute Gasteiger partial charge is 0.328 e. The van der Waals surface area contributed by atoms with E-state index in [1.807, 2.05) is 0 Å². The Morgan fingerprint density at radius 2 is 1.65 bits per heavy atom. The van der Waals surface area contributed by atoms with Crippen molar-refractivity contribution in [3.63, 3.8) is 0 Å². The molecule has 0 rings (SSSR count). The van der Waals surface area contributed by atoms with Crippen LogP contribution in [-0.2, 0) is 0 Å². The molecule has 0 aromatic carbocycles. The molecule has 0 aliphatic heterocycles. The van der Waals surface area contributed by atoms with Gasteiger partial charge in [0.15, 0.2) is 0 Å². The van der Waals surface area contributed by atoms with Crippen molar-refractivity contribution in [2.75, 3.05) is 0 Å². The predicted molar refractivity (Wildman–Crippen MR) is 79.1 cm³/mol. The van der Waals surface area contributed by atoms with Gasteiger partial charge in [-0.3, -0.25) is 0 Å². The van der Waals surface area contributed by atoms with Crippen LogP contribution in [0.5, 0.6) is 0 Å². The Balaban J connectivity index is 4.01. The molecule has 0 spiro atoms. The molecule has 0 aromatic heterocycles. The van der Waals surface area contributed by atoms with Gasteiger partial charge in [0.05, 0.1) is 0 Å². The van der Waals surface area contributed by atoms with Crippen molar-refractivity contribution in [3.05, 3.63) is 0 Å². The van der Waals surface area contributed by atoms with E-state index in [2.05, 4.69) is 41.5 Å². The van der Waals surface area contributed by atoms with Gasteiger partial charge >= 0.3 is 0 Å². The first-order valence-corrected chi connectivity index (χ1v) is 7.56. The quantitative estimate of drug-likeness (QED) is 0.636. The average Bonchev–Trinajstić information content (AvgIpc) is 2.22. The molecule has 0 saturated heterocycles. The summed E-state index contributed by atoms with van der Waals surface area (Å²) < 4.78 is 0. The second-order valence-corrected chi connectivity index (χ2v) is 6.92. The third-order valence-corrected chi connectivity index (χ3v) is 4.31. The fraction of sp³-hybridized carbons (Fsp3) is 1.00. The highest BCUT2D eigenvalue weighted by Gasteiger charge is 2.23. The lowest BCUT2D eigenvalue weighted by molar-refractivity contribution is 0.221. The van der Waals surface area contributed by atoms with Gasteiger partial charge in [0, 0.05) is 6.04 Å². The summed E-state index contributed by atoms with van der Waals surface area (Å²) in [4.78, 5) is 0. The van der Waals surface area contributed by atoms with Gasteiger partial charge in [0.25, 0.3) is 0 Å². The zero-order valence-corrected chi connectivity index (χ0v) is 13.1. The van der Waals surface area contributed by atoms with Crippen molar-refractivity contribution >= 4 is 0 Å². The molecule has 104 valence electrons. The number of hydrogen-bond donors (Lipinski definition) is 1. The summed E-state index contributed by atoms with van der Waals surface area (Å²) in [5, 5.41) is 0. The third-order valence-electron chi connectivity index (χ3n) is 4.31. The monoisotopic (exact) mass is 241 g/mol. The summed E-state index contributed by atoms with van der Waals surface area (Å²) in [6, 6.07) is 0.394. The molecule has 0 amide bonds. The molecule has 0 fully saturated rings. The van der Waals surface area contributed by atoms with Crippen molar-refractivity contribution in [3.8, 4) is 0 Å². The fourth-order valence-electron chi connectivity index (χ4n) is 2.31. The lowest BCUT2D eigenvalue weighted by Gasteiger charge is -2.30. The average molecular weight is 241 g/mol. The van der Waals surface area contributed by atoms with Crippen LogP contribution in [0, 0.1) is 17.3 Å². The Bertz CT molecular complexity index is 180. The highest BCUT2D eigenvalue weighted by molar-refractivity contribution is 4.76. The van der Waals surface area contributed by atoms with E-state index in [1.54, 1.807) is 0 Å². The highest BCUT2D eigenvalue weighted by atomic mass is 14.6. The van der Waals surface area contributed by atoms with Crippen molar-refractivity contribution in [1.82, 2.24) is 0 Å². The molecule has 3 unspecified atom stereocenters. The minimum atomic E-state index is 0.392. The van der Waals surface area contributed by atoms with Crippen LogP contribution >= 0.6 is 0 Å². The van der Waals surface area contributed by atoms with E-state index in [4.69, 9.17) is 5.73 Å². The van der Waals surface area contributed by atoms with E-state index in [-0.39, 0.29) is 0 Å². The van der Waals surface area contributed by atoms with E-state index < -0.39 is 0 Å². The molecule has 0 saturated carbocycles. The lowest BCUT2D eigenvalue weighted by atomic mass is 9.77. The Kier molecular flexibility index (Phi) is 8.11. The van der Waals surface area contributed by atoms with E-state index in [0.717, 1.165) is 5.92 Å². The second-order valence-electron chi connectivity index (χ2n) is 6.92. The smallest absolute Gasteiger partial charge is 0.00442 e. The molecule has 3 atom stereocenters. The highest BCUT2D eigenvalue weighted by Crippen LogP contribution is 2.30. The number of nitrogens with two attached hydrogens (primary N) is 1. The summed E-state index contributed by atoms with van der Waals surface area (Å²) in [7, 11) is 0. The maximum Gasteiger partial charge on any atom is 0.00442 e. The number of unbranched alkanes of at least 4 members (excludes halogenated alkanes) is 1. The Hall–Kier alpha value is -0.0400. The van der Waals surface area contributed by atoms with Crippen LogP contribution in [0.15, 0.2) is 0 Å². The first kappa shape index (κ1) is 17.0. The zero-order valence-electron chi connectivity index (χ0n) is 13.1. The van der Waals surface area contributed by atoms with Gasteiger partial charge in [-0.1, -0.05) is 67.2 Å². The van der Waals surface area contributed by atoms with Gasteiger partial charge in [0.1, 0.15) is 0 Å². The van der Waals surface area contributed by atoms with E-state index >= 15 is 0 Å². The minimum absolute atomic E-state index is 0.392. The molecule has 17 heavy (non-hydrogen) atoms. The summed E-state index contributed by atoms with van der Waals surface area (Å²) in [5.41, 5.74) is 6.71. The molecule has 0 aliphatic rings. The van der Waals surface area contributed by atoms with Crippen LogP contribution in [0.1, 0.15) is 80.1 Å². The lowest BCUT2D eigenvalue weighted by Crippen LogP contribution is -2.30. The first-order valence-electron chi connectivity index (χ1n) is 7.56. The standard InChI is InChI=1S/C16H35N/c1-7-9-10-14(8-2)12-15(17)11-13(3)16(4,5)6/h13-15H,7-12,17H2,1-6H3. The molecule has 1 heteroatoms. The number of rotatable bonds is 8. The maximum atomic E-state index is 6.32. The molecule has 0 aromatic rings. The van der Waals surface area contributed by atoms with E-state index in [9.17, 15) is 0 Å². The predicted octanol–water partition coefficient (Wildman–Crippen LogP) is 4.99. The Labute approximate surface area is 110 Å². The van der Waals surface area contributed by atoms with Crippen LogP contribution in [0.4, 0.5) is 0 Å². The normalized spacial score (nSPS) is 17.8. The van der Waals surface area contributed by atoms with Crippen LogP contribution in [0.3, 0.4) is 0 Å². The molecule has 0 heterocycles. The topological polar surface area (TPSA) is 26.0 Å². The maximum absolute atomic E-state index is 6.32. The van der Waals surface area contributed by atoms with Gasteiger partial charge in [-0.2, -0.15) is 0 Å². The van der Waals surface area contributed by atoms with Gasteiger partial charge in [-0.05, 0) is 30.1 Å². The number of hydrogen-bond acceptors (Lipinski definition) is 1. The molecular formula is C16H35N. The molecule has 0 aliphatic carbocycles. The molecule has 0 radical (unpaired) electrons. The summed E-state index contributed by atoms with van der Waals surface area (Å²) in [6.45, 7) is 13.9. The molecular weight excluding hydrogens is 206 g/mol. The SMILES string of the molecule is CCCCC(CC)CC(N)CC(C)C(C)(C)C. The van der Waals surface area contributed by atoms with Crippen LogP contribution in [-0.4, -0.2) is 6.04 Å². The summed E-state index contributed by atoms with van der Waals surface area (Å²) in [5.74, 6) is 1.55. The summed E-state index contributed by atoms with van der Waals surface area (Å²) >= 11 is 0. The second kappa shape index (κ2) is 8.13. The van der Waals surface area contributed by atoms with Gasteiger partial charge in [0.2, 0.25) is 0 Å². The summed E-state index contributed by atoms with van der Waals surface area (Å²) in [6.07, 6.45) is 7.72. The van der Waals surface area contributed by atoms with Gasteiger partial charge < -0.3 is 5.73 Å². The van der Waals surface area contributed by atoms with Crippen molar-refractivity contribution < 1.29 is 0 Å². The fourth-order valence-corrected chi connectivity index (χ4v) is 2.31. The zero-order chi connectivity index (χ0) is 13.5. The Morgan fingerprint density at radius 1 is 1.06 bits per heavy atom. The minimum Gasteiger partial charge on any atom is -0.328 e.